The van der Waals surface area contributed by atoms with E-state index in [2.05, 4.69) is 31.2 Å². The molecule has 144 valence electrons. The molecule has 7 nitrogen and oxygen atoms in total. The fourth-order valence-corrected chi connectivity index (χ4v) is 4.02. The van der Waals surface area contributed by atoms with E-state index in [0.717, 1.165) is 32.0 Å². The Morgan fingerprint density at radius 3 is 2.30 bits per heavy atom. The van der Waals surface area contributed by atoms with Crippen molar-refractivity contribution in [1.29, 1.82) is 0 Å². The van der Waals surface area contributed by atoms with Crippen LogP contribution in [-0.2, 0) is 16.4 Å². The van der Waals surface area contributed by atoms with Gasteiger partial charge in [0.05, 0.1) is 36.0 Å². The lowest BCUT2D eigenvalue weighted by Crippen LogP contribution is -3.13. The summed E-state index contributed by atoms with van der Waals surface area (Å²) in [6.07, 6.45) is 1.05. The maximum Gasteiger partial charge on any atom is 0.293 e. The molecule has 0 atom stereocenters. The third-order valence-corrected chi connectivity index (χ3v) is 6.07. The van der Waals surface area contributed by atoms with Crippen molar-refractivity contribution in [3.05, 3.63) is 63.7 Å². The summed E-state index contributed by atoms with van der Waals surface area (Å²) < 4.78 is 23.4. The number of nitrogens with zero attached hydrogens (tertiary/aromatic N) is 2. The molecule has 0 radical (unpaired) electrons. The van der Waals surface area contributed by atoms with Gasteiger partial charge in [-0.05, 0) is 19.1 Å². The predicted molar refractivity (Wildman–Crippen MR) is 104 cm³/mol. The lowest BCUT2D eigenvalue weighted by Gasteiger charge is -2.33. The second-order valence-corrected chi connectivity index (χ2v) is 9.09. The zero-order valence-electron chi connectivity index (χ0n) is 15.5. The van der Waals surface area contributed by atoms with Gasteiger partial charge in [0, 0.05) is 17.9 Å². The Kier molecular flexibility index (Phi) is 5.48. The first-order chi connectivity index (χ1) is 12.7. The quantitative estimate of drug-likeness (QED) is 0.613. The van der Waals surface area contributed by atoms with Crippen molar-refractivity contribution < 1.29 is 18.2 Å². The van der Waals surface area contributed by atoms with Crippen LogP contribution in [0.3, 0.4) is 0 Å². The Morgan fingerprint density at radius 2 is 1.74 bits per heavy atom. The topological polar surface area (TPSA) is 85.0 Å². The number of nitrogens with one attached hydrogen (secondary N) is 1. The van der Waals surface area contributed by atoms with Crippen LogP contribution in [0, 0.1) is 17.0 Å². The lowest BCUT2D eigenvalue weighted by molar-refractivity contribution is -0.914. The summed E-state index contributed by atoms with van der Waals surface area (Å²) >= 11 is 0. The number of quaternary nitrogens is 1. The summed E-state index contributed by atoms with van der Waals surface area (Å²) in [5.41, 5.74) is 2.86. The van der Waals surface area contributed by atoms with E-state index in [-0.39, 0.29) is 10.6 Å². The molecular formula is C19H24N3O4S+. The van der Waals surface area contributed by atoms with Crippen LogP contribution in [0.5, 0.6) is 0 Å². The molecule has 1 aliphatic heterocycles. The summed E-state index contributed by atoms with van der Waals surface area (Å²) in [4.78, 5) is 14.3. The Labute approximate surface area is 159 Å². The number of nitro groups is 1. The fourth-order valence-electron chi connectivity index (χ4n) is 3.38. The second-order valence-electron chi connectivity index (χ2n) is 7.08. The minimum atomic E-state index is -3.48. The average molecular weight is 390 g/mol. The zero-order valence-corrected chi connectivity index (χ0v) is 16.3. The minimum Gasteiger partial charge on any atom is -0.355 e. The SMILES string of the molecule is Cc1ccc(C[NH+]2CCN(c3ccc(S(C)(=O)=O)cc3[N+](=O)[O-])CC2)cc1. The molecule has 0 bridgehead atoms. The van der Waals surface area contributed by atoms with Crippen molar-refractivity contribution in [3.8, 4) is 0 Å². The van der Waals surface area contributed by atoms with Crippen LogP contribution in [0.2, 0.25) is 0 Å². The van der Waals surface area contributed by atoms with Gasteiger partial charge >= 0.3 is 0 Å². The van der Waals surface area contributed by atoms with Gasteiger partial charge in [0.2, 0.25) is 0 Å². The first-order valence-corrected chi connectivity index (χ1v) is 10.8. The highest BCUT2D eigenvalue weighted by molar-refractivity contribution is 7.90. The van der Waals surface area contributed by atoms with Gasteiger partial charge in [-0.2, -0.15) is 0 Å². The van der Waals surface area contributed by atoms with E-state index < -0.39 is 14.8 Å². The molecular weight excluding hydrogens is 366 g/mol. The Balaban J connectivity index is 1.72. The molecule has 2 aromatic rings. The summed E-state index contributed by atoms with van der Waals surface area (Å²) in [6, 6.07) is 12.7. The van der Waals surface area contributed by atoms with Gasteiger partial charge in [-0.15, -0.1) is 0 Å². The summed E-state index contributed by atoms with van der Waals surface area (Å²) in [5, 5.41) is 11.5. The van der Waals surface area contributed by atoms with Crippen molar-refractivity contribution in [2.45, 2.75) is 18.4 Å². The van der Waals surface area contributed by atoms with E-state index in [1.165, 1.54) is 22.1 Å². The number of hydrogen-bond acceptors (Lipinski definition) is 5. The van der Waals surface area contributed by atoms with E-state index in [1.807, 2.05) is 4.90 Å². The molecule has 0 aliphatic carbocycles. The monoisotopic (exact) mass is 390 g/mol. The van der Waals surface area contributed by atoms with E-state index >= 15 is 0 Å². The minimum absolute atomic E-state index is 0.0263. The zero-order chi connectivity index (χ0) is 19.6. The fraction of sp³-hybridized carbons (Fsp3) is 0.368. The first kappa shape index (κ1) is 19.3. The number of nitro benzene ring substituents is 1. The number of sulfone groups is 1. The first-order valence-electron chi connectivity index (χ1n) is 8.86. The maximum absolute atomic E-state index is 11.7. The molecule has 1 N–H and O–H groups in total. The number of aryl methyl sites for hydroxylation is 1. The van der Waals surface area contributed by atoms with Gasteiger partial charge in [0.15, 0.2) is 9.84 Å². The molecule has 1 saturated heterocycles. The van der Waals surface area contributed by atoms with E-state index in [4.69, 9.17) is 0 Å². The highest BCUT2D eigenvalue weighted by atomic mass is 32.2. The van der Waals surface area contributed by atoms with Crippen LogP contribution in [0.1, 0.15) is 11.1 Å². The Hall–Kier alpha value is -2.45. The van der Waals surface area contributed by atoms with Gasteiger partial charge in [0.25, 0.3) is 5.69 Å². The Bertz CT molecular complexity index is 934. The predicted octanol–water partition coefficient (Wildman–Crippen LogP) is 1.21. The average Bonchev–Trinajstić information content (AvgIpc) is 2.63. The molecule has 0 amide bonds. The number of hydrogen-bond donors (Lipinski definition) is 1. The molecule has 3 rings (SSSR count). The Morgan fingerprint density at radius 1 is 1.11 bits per heavy atom. The molecule has 27 heavy (non-hydrogen) atoms. The smallest absolute Gasteiger partial charge is 0.293 e. The molecule has 0 aromatic heterocycles. The van der Waals surface area contributed by atoms with Crippen molar-refractivity contribution in [2.75, 3.05) is 37.3 Å². The summed E-state index contributed by atoms with van der Waals surface area (Å²) in [7, 11) is -3.48. The van der Waals surface area contributed by atoms with Gasteiger partial charge in [-0.3, -0.25) is 10.1 Å². The van der Waals surface area contributed by atoms with Crippen LogP contribution in [0.15, 0.2) is 47.4 Å². The van der Waals surface area contributed by atoms with Gasteiger partial charge in [0.1, 0.15) is 12.2 Å². The highest BCUT2D eigenvalue weighted by Gasteiger charge is 2.27. The normalized spacial score (nSPS) is 15.7. The van der Waals surface area contributed by atoms with Crippen LogP contribution in [0.4, 0.5) is 11.4 Å². The molecule has 2 aromatic carbocycles. The van der Waals surface area contributed by atoms with Crippen molar-refractivity contribution in [1.82, 2.24) is 0 Å². The van der Waals surface area contributed by atoms with Crippen molar-refractivity contribution >= 4 is 21.2 Å². The van der Waals surface area contributed by atoms with Crippen LogP contribution in [0.25, 0.3) is 0 Å². The van der Waals surface area contributed by atoms with Crippen molar-refractivity contribution in [3.63, 3.8) is 0 Å². The third-order valence-electron chi connectivity index (χ3n) is 4.96. The molecule has 8 heteroatoms. The van der Waals surface area contributed by atoms with Crippen LogP contribution >= 0.6 is 0 Å². The van der Waals surface area contributed by atoms with Crippen LogP contribution in [-0.4, -0.2) is 45.8 Å². The summed E-state index contributed by atoms with van der Waals surface area (Å²) in [5.74, 6) is 0. The summed E-state index contributed by atoms with van der Waals surface area (Å²) in [6.45, 7) is 6.14. The maximum atomic E-state index is 11.7. The van der Waals surface area contributed by atoms with E-state index in [1.54, 1.807) is 6.07 Å². The molecule has 1 aliphatic rings. The third kappa shape index (κ3) is 4.64. The number of benzene rings is 2. The van der Waals surface area contributed by atoms with Crippen molar-refractivity contribution in [2.24, 2.45) is 0 Å². The number of anilines is 1. The molecule has 1 heterocycles. The molecule has 1 fully saturated rings. The standard InChI is InChI=1S/C19H23N3O4S/c1-15-3-5-16(6-4-15)14-20-9-11-21(12-10-20)18-8-7-17(27(2,25)26)13-19(18)22(23)24/h3-8,13H,9-12,14H2,1-2H3/p+1. The molecule has 0 unspecified atom stereocenters. The number of rotatable bonds is 5. The van der Waals surface area contributed by atoms with E-state index in [0.29, 0.717) is 18.8 Å². The van der Waals surface area contributed by atoms with Crippen LogP contribution < -0.4 is 9.80 Å². The second kappa shape index (κ2) is 7.66. The lowest BCUT2D eigenvalue weighted by atomic mass is 10.1. The molecule has 0 spiro atoms. The largest absolute Gasteiger partial charge is 0.355 e. The highest BCUT2D eigenvalue weighted by Crippen LogP contribution is 2.30. The molecule has 0 saturated carbocycles. The van der Waals surface area contributed by atoms with E-state index in [9.17, 15) is 18.5 Å². The van der Waals surface area contributed by atoms with Gasteiger partial charge < -0.3 is 9.80 Å². The van der Waals surface area contributed by atoms with Gasteiger partial charge in [-0.25, -0.2) is 8.42 Å². The number of piperazine rings is 1. The van der Waals surface area contributed by atoms with Gasteiger partial charge in [-0.1, -0.05) is 29.8 Å².